The van der Waals surface area contributed by atoms with Crippen LogP contribution in [0.25, 0.3) is 0 Å². The Morgan fingerprint density at radius 2 is 2.00 bits per heavy atom. The molecule has 2 saturated carbocycles. The number of carbonyl (C=O) groups is 2. The maximum atomic E-state index is 12.0. The molecule has 2 atom stereocenters. The molecular formula is C18H23NO5. The van der Waals surface area contributed by atoms with Gasteiger partial charge in [0.25, 0.3) is 0 Å². The van der Waals surface area contributed by atoms with E-state index in [1.807, 2.05) is 18.2 Å². The Morgan fingerprint density at radius 1 is 1.25 bits per heavy atom. The molecule has 1 aromatic rings. The molecule has 2 aliphatic rings. The number of rotatable bonds is 7. The van der Waals surface area contributed by atoms with E-state index in [2.05, 4.69) is 5.32 Å². The van der Waals surface area contributed by atoms with Crippen molar-refractivity contribution < 1.29 is 24.2 Å². The summed E-state index contributed by atoms with van der Waals surface area (Å²) < 4.78 is 11.3. The first kappa shape index (κ1) is 16.6. The van der Waals surface area contributed by atoms with Crippen molar-refractivity contribution in [1.82, 2.24) is 5.32 Å². The van der Waals surface area contributed by atoms with E-state index in [-0.39, 0.29) is 12.0 Å². The van der Waals surface area contributed by atoms with E-state index in [1.165, 1.54) is 12.8 Å². The number of nitrogens with one attached hydrogen (secondary N) is 1. The van der Waals surface area contributed by atoms with Gasteiger partial charge >= 0.3 is 5.97 Å². The van der Waals surface area contributed by atoms with Crippen LogP contribution in [0.1, 0.15) is 37.7 Å². The summed E-state index contributed by atoms with van der Waals surface area (Å²) in [7, 11) is 1.61. The number of methoxy groups -OCH3 is 1. The quantitative estimate of drug-likeness (QED) is 0.800. The fourth-order valence-electron chi connectivity index (χ4n) is 3.17. The highest BCUT2D eigenvalue weighted by Crippen LogP contribution is 2.39. The SMILES string of the molecule is COc1ccc(CNC(=O)C2CC2C(=O)O)c(OC2CCCC2)c1. The average molecular weight is 333 g/mol. The van der Waals surface area contributed by atoms with Crippen molar-refractivity contribution >= 4 is 11.9 Å². The Bertz CT molecular complexity index is 624. The summed E-state index contributed by atoms with van der Waals surface area (Å²) in [5, 5.41) is 11.7. The van der Waals surface area contributed by atoms with Crippen molar-refractivity contribution in [2.24, 2.45) is 11.8 Å². The number of amides is 1. The van der Waals surface area contributed by atoms with Crippen LogP contribution in [0.15, 0.2) is 18.2 Å². The topological polar surface area (TPSA) is 84.9 Å². The molecule has 0 aliphatic heterocycles. The van der Waals surface area contributed by atoms with Gasteiger partial charge in [-0.25, -0.2) is 0 Å². The van der Waals surface area contributed by atoms with Crippen molar-refractivity contribution in [2.75, 3.05) is 7.11 Å². The average Bonchev–Trinajstić information content (AvgIpc) is 3.24. The second kappa shape index (κ2) is 7.11. The lowest BCUT2D eigenvalue weighted by Gasteiger charge is -2.18. The van der Waals surface area contributed by atoms with Crippen LogP contribution in [-0.4, -0.2) is 30.2 Å². The number of ether oxygens (including phenoxy) is 2. The number of benzene rings is 1. The molecule has 6 heteroatoms. The van der Waals surface area contributed by atoms with E-state index in [4.69, 9.17) is 14.6 Å². The fraction of sp³-hybridized carbons (Fsp3) is 0.556. The van der Waals surface area contributed by atoms with Crippen molar-refractivity contribution in [3.05, 3.63) is 23.8 Å². The summed E-state index contributed by atoms with van der Waals surface area (Å²) in [4.78, 5) is 22.9. The number of carboxylic acid groups (broad SMARTS) is 1. The number of hydrogen-bond donors (Lipinski definition) is 2. The third-order valence-electron chi connectivity index (χ3n) is 4.77. The Labute approximate surface area is 141 Å². The standard InChI is InChI=1S/C18H23NO5/c1-23-13-7-6-11(16(8-13)24-12-4-2-3-5-12)10-19-17(20)14-9-15(14)18(21)22/h6-8,12,14-15H,2-5,9-10H2,1H3,(H,19,20)(H,21,22). The molecule has 2 N–H and O–H groups in total. The lowest BCUT2D eigenvalue weighted by atomic mass is 10.1. The molecule has 6 nitrogen and oxygen atoms in total. The monoisotopic (exact) mass is 333 g/mol. The van der Waals surface area contributed by atoms with Gasteiger partial charge in [0.1, 0.15) is 11.5 Å². The highest BCUT2D eigenvalue weighted by molar-refractivity contribution is 5.89. The van der Waals surface area contributed by atoms with Gasteiger partial charge in [-0.1, -0.05) is 0 Å². The molecule has 24 heavy (non-hydrogen) atoms. The predicted octanol–water partition coefficient (Wildman–Crippen LogP) is 2.35. The van der Waals surface area contributed by atoms with Crippen molar-refractivity contribution in [3.8, 4) is 11.5 Å². The van der Waals surface area contributed by atoms with Crippen LogP contribution in [0.5, 0.6) is 11.5 Å². The third-order valence-corrected chi connectivity index (χ3v) is 4.77. The van der Waals surface area contributed by atoms with Gasteiger partial charge < -0.3 is 19.9 Å². The minimum Gasteiger partial charge on any atom is -0.497 e. The van der Waals surface area contributed by atoms with Gasteiger partial charge in [0.05, 0.1) is 25.0 Å². The fourth-order valence-corrected chi connectivity index (χ4v) is 3.17. The number of carbonyl (C=O) groups excluding carboxylic acids is 1. The first-order chi connectivity index (χ1) is 11.6. The molecular weight excluding hydrogens is 310 g/mol. The molecule has 2 unspecified atom stereocenters. The first-order valence-electron chi connectivity index (χ1n) is 8.42. The van der Waals surface area contributed by atoms with Gasteiger partial charge in [-0.05, 0) is 44.2 Å². The van der Waals surface area contributed by atoms with Gasteiger partial charge in [-0.15, -0.1) is 0 Å². The van der Waals surface area contributed by atoms with Crippen molar-refractivity contribution in [2.45, 2.75) is 44.8 Å². The number of carboxylic acids is 1. The van der Waals surface area contributed by atoms with Crippen molar-refractivity contribution in [3.63, 3.8) is 0 Å². The minimum atomic E-state index is -0.898. The Balaban J connectivity index is 1.63. The van der Waals surface area contributed by atoms with Gasteiger partial charge in [0, 0.05) is 18.2 Å². The van der Waals surface area contributed by atoms with E-state index in [9.17, 15) is 9.59 Å². The van der Waals surface area contributed by atoms with E-state index >= 15 is 0 Å². The van der Waals surface area contributed by atoms with E-state index in [0.29, 0.717) is 18.7 Å². The summed E-state index contributed by atoms with van der Waals surface area (Å²) in [6.07, 6.45) is 5.09. The maximum absolute atomic E-state index is 12.0. The first-order valence-corrected chi connectivity index (χ1v) is 8.42. The highest BCUT2D eigenvalue weighted by atomic mass is 16.5. The van der Waals surface area contributed by atoms with Crippen LogP contribution < -0.4 is 14.8 Å². The van der Waals surface area contributed by atoms with Crippen molar-refractivity contribution in [1.29, 1.82) is 0 Å². The minimum absolute atomic E-state index is 0.204. The van der Waals surface area contributed by atoms with Crippen LogP contribution in [0.3, 0.4) is 0 Å². The van der Waals surface area contributed by atoms with Crippen LogP contribution in [0.4, 0.5) is 0 Å². The molecule has 0 saturated heterocycles. The molecule has 0 radical (unpaired) electrons. The second-order valence-electron chi connectivity index (χ2n) is 6.50. The molecule has 0 bridgehead atoms. The number of hydrogen-bond acceptors (Lipinski definition) is 4. The van der Waals surface area contributed by atoms with Crippen LogP contribution in [-0.2, 0) is 16.1 Å². The largest absolute Gasteiger partial charge is 0.497 e. The van der Waals surface area contributed by atoms with Crippen LogP contribution >= 0.6 is 0 Å². The van der Waals surface area contributed by atoms with Gasteiger partial charge in [0.15, 0.2) is 0 Å². The number of aliphatic carboxylic acids is 1. The summed E-state index contributed by atoms with van der Waals surface area (Å²) in [6, 6.07) is 5.56. The van der Waals surface area contributed by atoms with E-state index < -0.39 is 17.8 Å². The molecule has 130 valence electrons. The van der Waals surface area contributed by atoms with Gasteiger partial charge in [-0.3, -0.25) is 9.59 Å². The normalized spacial score (nSPS) is 22.9. The summed E-state index contributed by atoms with van der Waals surface area (Å²) in [6.45, 7) is 0.327. The molecule has 0 aromatic heterocycles. The van der Waals surface area contributed by atoms with E-state index in [0.717, 1.165) is 24.2 Å². The predicted molar refractivity (Wildman–Crippen MR) is 87.0 cm³/mol. The molecule has 0 heterocycles. The lowest BCUT2D eigenvalue weighted by Crippen LogP contribution is -2.26. The summed E-state index contributed by atoms with van der Waals surface area (Å²) in [5.74, 6) is -0.594. The zero-order valence-electron chi connectivity index (χ0n) is 13.8. The van der Waals surface area contributed by atoms with Gasteiger partial charge in [-0.2, -0.15) is 0 Å². The summed E-state index contributed by atoms with van der Waals surface area (Å²) >= 11 is 0. The van der Waals surface area contributed by atoms with Crippen LogP contribution in [0.2, 0.25) is 0 Å². The Hall–Kier alpha value is -2.24. The lowest BCUT2D eigenvalue weighted by molar-refractivity contribution is -0.140. The zero-order chi connectivity index (χ0) is 17.1. The Kier molecular flexibility index (Phi) is 4.92. The highest BCUT2D eigenvalue weighted by Gasteiger charge is 2.48. The summed E-state index contributed by atoms with van der Waals surface area (Å²) in [5.41, 5.74) is 0.878. The second-order valence-corrected chi connectivity index (χ2v) is 6.50. The Morgan fingerprint density at radius 3 is 2.62 bits per heavy atom. The molecule has 1 aromatic carbocycles. The molecule has 2 fully saturated rings. The smallest absolute Gasteiger partial charge is 0.307 e. The zero-order valence-corrected chi connectivity index (χ0v) is 13.8. The molecule has 0 spiro atoms. The van der Waals surface area contributed by atoms with E-state index in [1.54, 1.807) is 7.11 Å². The third kappa shape index (κ3) is 3.80. The maximum Gasteiger partial charge on any atom is 0.307 e. The molecule has 3 rings (SSSR count). The van der Waals surface area contributed by atoms with Crippen LogP contribution in [0, 0.1) is 11.8 Å². The van der Waals surface area contributed by atoms with Gasteiger partial charge in [0.2, 0.25) is 5.91 Å². The molecule has 1 amide bonds. The molecule has 2 aliphatic carbocycles.